The van der Waals surface area contributed by atoms with E-state index in [1.54, 1.807) is 11.6 Å². The van der Waals surface area contributed by atoms with Crippen molar-refractivity contribution in [3.63, 3.8) is 0 Å². The third-order valence-corrected chi connectivity index (χ3v) is 5.67. The quantitative estimate of drug-likeness (QED) is 0.715. The highest BCUT2D eigenvalue weighted by Gasteiger charge is 2.19. The molecule has 0 fully saturated rings. The number of fused-ring (bicyclic) bond motifs is 2. The number of amides is 1. The Morgan fingerprint density at radius 2 is 2.04 bits per heavy atom. The maximum absolute atomic E-state index is 12.6. The molecule has 0 radical (unpaired) electrons. The van der Waals surface area contributed by atoms with Crippen molar-refractivity contribution < 1.29 is 4.79 Å². The molecule has 0 saturated heterocycles. The number of thiazole rings is 1. The van der Waals surface area contributed by atoms with Crippen molar-refractivity contribution in [3.05, 3.63) is 37.7 Å². The second kappa shape index (κ2) is 6.20. The molecule has 0 unspecified atom stereocenters. The van der Waals surface area contributed by atoms with E-state index in [9.17, 15) is 14.4 Å². The predicted octanol–water partition coefficient (Wildman–Crippen LogP) is 0.408. The highest BCUT2D eigenvalue weighted by Crippen LogP contribution is 2.29. The van der Waals surface area contributed by atoms with Crippen LogP contribution < -0.4 is 16.6 Å². The fraction of sp³-hybridized carbons (Fsp3) is 0.438. The zero-order valence-corrected chi connectivity index (χ0v) is 15.3. The van der Waals surface area contributed by atoms with Crippen LogP contribution in [0.2, 0.25) is 0 Å². The van der Waals surface area contributed by atoms with E-state index in [0.29, 0.717) is 10.8 Å². The lowest BCUT2D eigenvalue weighted by molar-refractivity contribution is -0.116. The second-order valence-corrected chi connectivity index (χ2v) is 7.49. The summed E-state index contributed by atoms with van der Waals surface area (Å²) in [7, 11) is 3.20. The van der Waals surface area contributed by atoms with Gasteiger partial charge in [0.15, 0.2) is 16.3 Å². The van der Waals surface area contributed by atoms with Crippen molar-refractivity contribution in [3.8, 4) is 0 Å². The lowest BCUT2D eigenvalue weighted by Gasteiger charge is -2.08. The van der Waals surface area contributed by atoms with E-state index < -0.39 is 17.2 Å². The first kappa shape index (κ1) is 16.7. The maximum Gasteiger partial charge on any atom is 0.332 e. The number of imidazole rings is 1. The lowest BCUT2D eigenvalue weighted by Crippen LogP contribution is -2.42. The molecule has 0 atom stereocenters. The molecule has 3 aromatic heterocycles. The number of hydrogen-bond donors (Lipinski definition) is 1. The number of nitrogens with zero attached hydrogens (tertiary/aromatic N) is 5. The van der Waals surface area contributed by atoms with E-state index in [-0.39, 0.29) is 12.1 Å². The summed E-state index contributed by atoms with van der Waals surface area (Å²) in [5.41, 5.74) is 0.517. The lowest BCUT2D eigenvalue weighted by atomic mass is 10.0. The standard InChI is InChI=1S/C16H18N6O3S/c1-20-8-17-13-12(20)14(24)22(16(25)21(13)2)7-11(23)19-15-18-9-5-3-4-6-10(9)26-15/h8H,3-7H2,1-2H3,(H,18,19,23). The van der Waals surface area contributed by atoms with Gasteiger partial charge in [-0.25, -0.2) is 19.3 Å². The molecular formula is C16H18N6O3S. The summed E-state index contributed by atoms with van der Waals surface area (Å²) >= 11 is 1.46. The molecular weight excluding hydrogens is 356 g/mol. The summed E-state index contributed by atoms with van der Waals surface area (Å²) in [6.45, 7) is -0.364. The van der Waals surface area contributed by atoms with Crippen LogP contribution in [0.4, 0.5) is 5.13 Å². The maximum atomic E-state index is 12.6. The van der Waals surface area contributed by atoms with E-state index in [0.717, 1.165) is 35.9 Å². The Hall–Kier alpha value is -2.75. The Kier molecular flexibility index (Phi) is 3.98. The number of hydrogen-bond acceptors (Lipinski definition) is 6. The average Bonchev–Trinajstić information content (AvgIpc) is 3.19. The molecule has 136 valence electrons. The van der Waals surface area contributed by atoms with Gasteiger partial charge in [-0.1, -0.05) is 0 Å². The smallest absolute Gasteiger partial charge is 0.328 e. The van der Waals surface area contributed by atoms with Crippen molar-refractivity contribution in [2.45, 2.75) is 32.2 Å². The minimum Gasteiger partial charge on any atom is -0.328 e. The first-order valence-electron chi connectivity index (χ1n) is 8.35. The van der Waals surface area contributed by atoms with Gasteiger partial charge >= 0.3 is 5.69 Å². The first-order chi connectivity index (χ1) is 12.5. The molecule has 26 heavy (non-hydrogen) atoms. The summed E-state index contributed by atoms with van der Waals surface area (Å²) in [5.74, 6) is -0.447. The molecule has 3 heterocycles. The van der Waals surface area contributed by atoms with Gasteiger partial charge in [-0.15, -0.1) is 11.3 Å². The summed E-state index contributed by atoms with van der Waals surface area (Å²) in [6.07, 6.45) is 5.63. The Bertz CT molecular complexity index is 1110. The normalized spacial score (nSPS) is 13.8. The van der Waals surface area contributed by atoms with Crippen LogP contribution in [0.5, 0.6) is 0 Å². The van der Waals surface area contributed by atoms with Crippen molar-refractivity contribution in [1.29, 1.82) is 0 Å². The van der Waals surface area contributed by atoms with Crippen LogP contribution in [0, 0.1) is 0 Å². The van der Waals surface area contributed by atoms with E-state index in [1.807, 2.05) is 0 Å². The minimum absolute atomic E-state index is 0.282. The summed E-state index contributed by atoms with van der Waals surface area (Å²) in [4.78, 5) is 47.2. The molecule has 0 aromatic carbocycles. The second-order valence-electron chi connectivity index (χ2n) is 6.40. The number of anilines is 1. The summed E-state index contributed by atoms with van der Waals surface area (Å²) in [6, 6.07) is 0. The molecule has 1 aliphatic carbocycles. The van der Waals surface area contributed by atoms with Crippen molar-refractivity contribution in [2.24, 2.45) is 14.1 Å². The fourth-order valence-corrected chi connectivity index (χ4v) is 4.31. The Labute approximate surface area is 151 Å². The number of aromatic nitrogens is 5. The molecule has 1 amide bonds. The van der Waals surface area contributed by atoms with Gasteiger partial charge in [0, 0.05) is 19.0 Å². The van der Waals surface area contributed by atoms with Crippen LogP contribution in [-0.4, -0.2) is 29.6 Å². The van der Waals surface area contributed by atoms with Crippen LogP contribution >= 0.6 is 11.3 Å². The molecule has 1 N–H and O–H groups in total. The molecule has 0 aliphatic heterocycles. The SMILES string of the molecule is Cn1cnc2c1c(=O)n(CC(=O)Nc1nc3c(s1)CCCC3)c(=O)n2C. The molecule has 3 aromatic rings. The monoisotopic (exact) mass is 374 g/mol. The van der Waals surface area contributed by atoms with Crippen LogP contribution in [0.15, 0.2) is 15.9 Å². The first-order valence-corrected chi connectivity index (χ1v) is 9.16. The van der Waals surface area contributed by atoms with Gasteiger partial charge in [0.05, 0.1) is 12.0 Å². The molecule has 4 rings (SSSR count). The number of carbonyl (C=O) groups excluding carboxylic acids is 1. The van der Waals surface area contributed by atoms with Gasteiger partial charge in [-0.2, -0.15) is 0 Å². The summed E-state index contributed by atoms with van der Waals surface area (Å²) in [5, 5.41) is 3.24. The molecule has 10 heteroatoms. The number of rotatable bonds is 3. The Morgan fingerprint density at radius 1 is 1.27 bits per heavy atom. The molecule has 0 saturated carbocycles. The van der Waals surface area contributed by atoms with Crippen LogP contribution in [0.3, 0.4) is 0 Å². The molecule has 0 bridgehead atoms. The average molecular weight is 374 g/mol. The highest BCUT2D eigenvalue weighted by atomic mass is 32.1. The van der Waals surface area contributed by atoms with E-state index in [4.69, 9.17) is 0 Å². The van der Waals surface area contributed by atoms with Crippen LogP contribution in [0.1, 0.15) is 23.4 Å². The van der Waals surface area contributed by atoms with Gasteiger partial charge in [0.1, 0.15) is 6.54 Å². The third kappa shape index (κ3) is 2.66. The van der Waals surface area contributed by atoms with E-state index in [1.165, 1.54) is 34.2 Å². The zero-order chi connectivity index (χ0) is 18.4. The van der Waals surface area contributed by atoms with Crippen molar-refractivity contribution >= 4 is 33.5 Å². The van der Waals surface area contributed by atoms with Crippen LogP contribution in [-0.2, 0) is 38.3 Å². The number of carbonyl (C=O) groups is 1. The molecule has 9 nitrogen and oxygen atoms in total. The minimum atomic E-state index is -0.574. The van der Waals surface area contributed by atoms with E-state index in [2.05, 4.69) is 15.3 Å². The van der Waals surface area contributed by atoms with Gasteiger partial charge in [-0.3, -0.25) is 14.2 Å². The van der Waals surface area contributed by atoms with Crippen LogP contribution in [0.25, 0.3) is 11.2 Å². The van der Waals surface area contributed by atoms with Gasteiger partial charge in [0.25, 0.3) is 5.56 Å². The highest BCUT2D eigenvalue weighted by molar-refractivity contribution is 7.15. The van der Waals surface area contributed by atoms with Gasteiger partial charge in [-0.05, 0) is 25.7 Å². The summed E-state index contributed by atoms with van der Waals surface area (Å²) < 4.78 is 3.74. The van der Waals surface area contributed by atoms with Crippen molar-refractivity contribution in [1.82, 2.24) is 23.7 Å². The van der Waals surface area contributed by atoms with E-state index >= 15 is 0 Å². The Morgan fingerprint density at radius 3 is 2.81 bits per heavy atom. The topological polar surface area (TPSA) is 104 Å². The van der Waals surface area contributed by atoms with Gasteiger partial charge < -0.3 is 9.88 Å². The predicted molar refractivity (Wildman–Crippen MR) is 97.6 cm³/mol. The largest absolute Gasteiger partial charge is 0.332 e. The zero-order valence-electron chi connectivity index (χ0n) is 14.5. The van der Waals surface area contributed by atoms with Gasteiger partial charge in [0.2, 0.25) is 5.91 Å². The molecule has 1 aliphatic rings. The Balaban J connectivity index is 1.64. The third-order valence-electron chi connectivity index (χ3n) is 4.59. The number of aryl methyl sites for hydroxylation is 4. The fourth-order valence-electron chi connectivity index (χ4n) is 3.24. The van der Waals surface area contributed by atoms with Crippen molar-refractivity contribution in [2.75, 3.05) is 5.32 Å². The number of nitrogens with one attached hydrogen (secondary N) is 1. The molecule has 0 spiro atoms.